The van der Waals surface area contributed by atoms with E-state index in [1.807, 2.05) is 19.1 Å². The van der Waals surface area contributed by atoms with Crippen molar-refractivity contribution in [3.63, 3.8) is 0 Å². The van der Waals surface area contributed by atoms with Gasteiger partial charge in [0.1, 0.15) is 5.82 Å². The Morgan fingerprint density at radius 2 is 2.17 bits per heavy atom. The first-order chi connectivity index (χ1) is 8.63. The third-order valence-electron chi connectivity index (χ3n) is 2.90. The summed E-state index contributed by atoms with van der Waals surface area (Å²) >= 11 is 5.73. The second kappa shape index (κ2) is 5.46. The third kappa shape index (κ3) is 2.52. The average Bonchev–Trinajstić information content (AvgIpc) is 2.38. The Labute approximate surface area is 111 Å². The summed E-state index contributed by atoms with van der Waals surface area (Å²) in [7, 11) is 0. The van der Waals surface area contributed by atoms with Gasteiger partial charge in [0.2, 0.25) is 0 Å². The Morgan fingerprint density at radius 3 is 2.83 bits per heavy atom. The van der Waals surface area contributed by atoms with E-state index < -0.39 is 11.9 Å². The SMILES string of the molecule is CCc1cccnc1C(N)c1ccc(Cl)cc1F. The third-order valence-corrected chi connectivity index (χ3v) is 3.13. The molecule has 1 heterocycles. The molecule has 0 amide bonds. The van der Waals surface area contributed by atoms with Crippen LogP contribution < -0.4 is 5.73 Å². The summed E-state index contributed by atoms with van der Waals surface area (Å²) in [6, 6.07) is 7.75. The lowest BCUT2D eigenvalue weighted by Crippen LogP contribution is -2.17. The first-order valence-electron chi connectivity index (χ1n) is 5.77. The maximum absolute atomic E-state index is 13.8. The van der Waals surface area contributed by atoms with Gasteiger partial charge in [-0.3, -0.25) is 4.98 Å². The van der Waals surface area contributed by atoms with Crippen LogP contribution in [0.1, 0.15) is 29.8 Å². The van der Waals surface area contributed by atoms with Gasteiger partial charge in [-0.15, -0.1) is 0 Å². The summed E-state index contributed by atoms with van der Waals surface area (Å²) in [5, 5.41) is 0.361. The van der Waals surface area contributed by atoms with Gasteiger partial charge in [0.05, 0.1) is 11.7 Å². The molecular formula is C14H14ClFN2. The van der Waals surface area contributed by atoms with Gasteiger partial charge in [-0.05, 0) is 30.2 Å². The number of hydrogen-bond donors (Lipinski definition) is 1. The van der Waals surface area contributed by atoms with E-state index in [2.05, 4.69) is 4.98 Å². The zero-order valence-electron chi connectivity index (χ0n) is 10.0. The van der Waals surface area contributed by atoms with Crippen LogP contribution in [0.5, 0.6) is 0 Å². The Morgan fingerprint density at radius 1 is 1.39 bits per heavy atom. The average molecular weight is 265 g/mol. The van der Waals surface area contributed by atoms with Gasteiger partial charge in [-0.2, -0.15) is 0 Å². The molecule has 4 heteroatoms. The molecule has 2 rings (SSSR count). The van der Waals surface area contributed by atoms with Crippen molar-refractivity contribution >= 4 is 11.6 Å². The minimum absolute atomic E-state index is 0.361. The van der Waals surface area contributed by atoms with Crippen molar-refractivity contribution in [3.8, 4) is 0 Å². The molecule has 0 spiro atoms. The number of pyridine rings is 1. The fraction of sp³-hybridized carbons (Fsp3) is 0.214. The van der Waals surface area contributed by atoms with Gasteiger partial charge in [0.15, 0.2) is 0 Å². The van der Waals surface area contributed by atoms with Crippen LogP contribution in [-0.4, -0.2) is 4.98 Å². The number of halogens is 2. The van der Waals surface area contributed by atoms with Gasteiger partial charge in [0, 0.05) is 16.8 Å². The van der Waals surface area contributed by atoms with Crippen LogP contribution in [0.2, 0.25) is 5.02 Å². The van der Waals surface area contributed by atoms with Crippen LogP contribution in [0, 0.1) is 5.82 Å². The molecule has 1 aromatic heterocycles. The maximum Gasteiger partial charge on any atom is 0.129 e. The van der Waals surface area contributed by atoms with Crippen molar-refractivity contribution in [2.24, 2.45) is 5.73 Å². The predicted molar refractivity (Wildman–Crippen MR) is 71.1 cm³/mol. The largest absolute Gasteiger partial charge is 0.319 e. The lowest BCUT2D eigenvalue weighted by atomic mass is 9.98. The minimum atomic E-state index is -0.571. The first-order valence-corrected chi connectivity index (χ1v) is 6.15. The summed E-state index contributed by atoms with van der Waals surface area (Å²) in [6.45, 7) is 2.02. The van der Waals surface area contributed by atoms with Gasteiger partial charge in [0.25, 0.3) is 0 Å². The summed E-state index contributed by atoms with van der Waals surface area (Å²) in [5.41, 5.74) is 8.24. The number of aryl methyl sites for hydroxylation is 1. The van der Waals surface area contributed by atoms with E-state index in [0.717, 1.165) is 12.0 Å². The van der Waals surface area contributed by atoms with Crippen LogP contribution in [0.15, 0.2) is 36.5 Å². The highest BCUT2D eigenvalue weighted by atomic mass is 35.5. The molecule has 2 N–H and O–H groups in total. The van der Waals surface area contributed by atoms with E-state index in [1.165, 1.54) is 6.07 Å². The number of hydrogen-bond acceptors (Lipinski definition) is 2. The highest BCUT2D eigenvalue weighted by molar-refractivity contribution is 6.30. The second-order valence-electron chi connectivity index (χ2n) is 4.04. The number of rotatable bonds is 3. The fourth-order valence-corrected chi connectivity index (χ4v) is 2.09. The van der Waals surface area contributed by atoms with Crippen LogP contribution in [0.3, 0.4) is 0 Å². The van der Waals surface area contributed by atoms with Crippen molar-refractivity contribution in [1.29, 1.82) is 0 Å². The predicted octanol–water partition coefficient (Wildman–Crippen LogP) is 3.48. The number of nitrogens with zero attached hydrogens (tertiary/aromatic N) is 1. The smallest absolute Gasteiger partial charge is 0.129 e. The first kappa shape index (κ1) is 13.0. The molecule has 0 aliphatic heterocycles. The Kier molecular flexibility index (Phi) is 3.94. The van der Waals surface area contributed by atoms with Gasteiger partial charge in [-0.25, -0.2) is 4.39 Å². The van der Waals surface area contributed by atoms with Crippen molar-refractivity contribution in [1.82, 2.24) is 4.98 Å². The minimum Gasteiger partial charge on any atom is -0.319 e. The number of nitrogens with two attached hydrogens (primary N) is 1. The Hall–Kier alpha value is -1.45. The summed E-state index contributed by atoms with van der Waals surface area (Å²) in [4.78, 5) is 4.26. The van der Waals surface area contributed by atoms with Crippen LogP contribution in [0.4, 0.5) is 4.39 Å². The van der Waals surface area contributed by atoms with E-state index in [-0.39, 0.29) is 0 Å². The van der Waals surface area contributed by atoms with Gasteiger partial charge >= 0.3 is 0 Å². The zero-order chi connectivity index (χ0) is 13.1. The Bertz CT molecular complexity index is 557. The fourth-order valence-electron chi connectivity index (χ4n) is 1.93. The molecular weight excluding hydrogens is 251 g/mol. The number of aromatic nitrogens is 1. The second-order valence-corrected chi connectivity index (χ2v) is 4.48. The van der Waals surface area contributed by atoms with E-state index >= 15 is 0 Å². The molecule has 94 valence electrons. The van der Waals surface area contributed by atoms with Crippen molar-refractivity contribution in [2.75, 3.05) is 0 Å². The van der Waals surface area contributed by atoms with E-state index in [1.54, 1.807) is 18.3 Å². The molecule has 18 heavy (non-hydrogen) atoms. The molecule has 2 nitrogen and oxygen atoms in total. The van der Waals surface area contributed by atoms with Gasteiger partial charge in [-0.1, -0.05) is 30.7 Å². The molecule has 0 radical (unpaired) electrons. The van der Waals surface area contributed by atoms with E-state index in [9.17, 15) is 4.39 Å². The van der Waals surface area contributed by atoms with E-state index in [4.69, 9.17) is 17.3 Å². The molecule has 0 fully saturated rings. The molecule has 2 aromatic rings. The molecule has 0 saturated carbocycles. The molecule has 0 bridgehead atoms. The quantitative estimate of drug-likeness (QED) is 0.922. The molecule has 0 aliphatic rings. The van der Waals surface area contributed by atoms with Crippen LogP contribution >= 0.6 is 11.6 Å². The van der Waals surface area contributed by atoms with Crippen LogP contribution in [0.25, 0.3) is 0 Å². The van der Waals surface area contributed by atoms with Crippen molar-refractivity contribution in [2.45, 2.75) is 19.4 Å². The van der Waals surface area contributed by atoms with Crippen molar-refractivity contribution < 1.29 is 4.39 Å². The standard InChI is InChI=1S/C14H14ClFN2/c1-2-9-4-3-7-18-14(9)13(17)11-6-5-10(15)8-12(11)16/h3-8,13H,2,17H2,1H3. The lowest BCUT2D eigenvalue weighted by molar-refractivity contribution is 0.596. The summed E-state index contributed by atoms with van der Waals surface area (Å²) < 4.78 is 13.8. The summed E-state index contributed by atoms with van der Waals surface area (Å²) in [6.07, 6.45) is 2.48. The summed E-state index contributed by atoms with van der Waals surface area (Å²) in [5.74, 6) is -0.400. The molecule has 1 atom stereocenters. The van der Waals surface area contributed by atoms with Gasteiger partial charge < -0.3 is 5.73 Å². The lowest BCUT2D eigenvalue weighted by Gasteiger charge is -2.15. The number of benzene rings is 1. The monoisotopic (exact) mass is 264 g/mol. The maximum atomic E-state index is 13.8. The molecule has 0 saturated heterocycles. The van der Waals surface area contributed by atoms with Crippen molar-refractivity contribution in [3.05, 3.63) is 64.2 Å². The zero-order valence-corrected chi connectivity index (χ0v) is 10.8. The van der Waals surface area contributed by atoms with E-state index in [0.29, 0.717) is 16.3 Å². The topological polar surface area (TPSA) is 38.9 Å². The normalized spacial score (nSPS) is 12.4. The highest BCUT2D eigenvalue weighted by Crippen LogP contribution is 2.25. The Balaban J connectivity index is 2.44. The molecule has 1 aromatic carbocycles. The molecule has 1 unspecified atom stereocenters. The van der Waals surface area contributed by atoms with Crippen LogP contribution in [-0.2, 0) is 6.42 Å². The molecule has 0 aliphatic carbocycles. The highest BCUT2D eigenvalue weighted by Gasteiger charge is 2.17.